The lowest BCUT2D eigenvalue weighted by Crippen LogP contribution is -2.24. The first-order valence-electron chi connectivity index (χ1n) is 8.24. The number of nitrogens with one attached hydrogen (secondary N) is 2. The van der Waals surface area contributed by atoms with Crippen LogP contribution in [0.3, 0.4) is 0 Å². The van der Waals surface area contributed by atoms with Gasteiger partial charge in [0.05, 0.1) is 23.9 Å². The first-order chi connectivity index (χ1) is 12.9. The number of halogens is 1. The van der Waals surface area contributed by atoms with Crippen LogP contribution in [0.15, 0.2) is 40.3 Å². The van der Waals surface area contributed by atoms with Crippen LogP contribution in [0.1, 0.15) is 32.9 Å². The van der Waals surface area contributed by atoms with E-state index in [0.29, 0.717) is 34.3 Å². The molecule has 0 saturated carbocycles. The third-order valence-corrected chi connectivity index (χ3v) is 4.74. The van der Waals surface area contributed by atoms with Crippen molar-refractivity contribution in [2.75, 3.05) is 5.32 Å². The largest absolute Gasteiger partial charge is 0.469 e. The van der Waals surface area contributed by atoms with Crippen molar-refractivity contribution in [1.82, 2.24) is 10.3 Å². The summed E-state index contributed by atoms with van der Waals surface area (Å²) in [5.74, 6) is -0.253. The molecule has 0 radical (unpaired) electrons. The molecule has 1 aromatic carbocycles. The third-order valence-electron chi connectivity index (χ3n) is 3.93. The van der Waals surface area contributed by atoms with Gasteiger partial charge in [0.15, 0.2) is 5.13 Å². The number of benzene rings is 1. The van der Waals surface area contributed by atoms with E-state index in [1.54, 1.807) is 37.4 Å². The van der Waals surface area contributed by atoms with E-state index in [1.165, 1.54) is 23.7 Å². The molecule has 2 heterocycles. The lowest BCUT2D eigenvalue weighted by Gasteiger charge is -2.06. The molecule has 0 saturated heterocycles. The predicted octanol–water partition coefficient (Wildman–Crippen LogP) is 3.60. The van der Waals surface area contributed by atoms with E-state index < -0.39 is 0 Å². The number of hydrogen-bond donors (Lipinski definition) is 2. The number of nitrogens with zero attached hydrogens (tertiary/aromatic N) is 1. The van der Waals surface area contributed by atoms with Gasteiger partial charge in [-0.05, 0) is 37.1 Å². The van der Waals surface area contributed by atoms with Crippen molar-refractivity contribution >= 4 is 28.3 Å². The first-order valence-corrected chi connectivity index (χ1v) is 9.12. The Balaban J connectivity index is 1.52. The topological polar surface area (TPSA) is 84.2 Å². The molecule has 2 amide bonds. The second-order valence-corrected chi connectivity index (χ2v) is 6.88. The maximum Gasteiger partial charge on any atom is 0.260 e. The molecule has 0 unspecified atom stereocenters. The minimum Gasteiger partial charge on any atom is -0.469 e. The molecule has 0 spiro atoms. The number of anilines is 1. The average molecular weight is 387 g/mol. The van der Waals surface area contributed by atoms with Crippen LogP contribution in [0.2, 0.25) is 0 Å². The number of rotatable bonds is 6. The van der Waals surface area contributed by atoms with Crippen molar-refractivity contribution in [2.45, 2.75) is 26.8 Å². The quantitative estimate of drug-likeness (QED) is 0.677. The summed E-state index contributed by atoms with van der Waals surface area (Å²) in [5, 5.41) is 7.60. The zero-order valence-electron chi connectivity index (χ0n) is 14.8. The van der Waals surface area contributed by atoms with Gasteiger partial charge in [-0.15, -0.1) is 11.3 Å². The normalized spacial score (nSPS) is 10.6. The van der Waals surface area contributed by atoms with Gasteiger partial charge in [0.1, 0.15) is 11.6 Å². The minimum atomic E-state index is -0.307. The Bertz CT molecular complexity index is 980. The SMILES string of the molecule is Cc1cc(CNC(=O)Cc2csc(NC(=O)c3ccoc3C)n2)ccc1F. The second-order valence-electron chi connectivity index (χ2n) is 6.03. The smallest absolute Gasteiger partial charge is 0.260 e. The van der Waals surface area contributed by atoms with Crippen LogP contribution >= 0.6 is 11.3 Å². The van der Waals surface area contributed by atoms with Crippen molar-refractivity contribution in [3.05, 3.63) is 69.9 Å². The van der Waals surface area contributed by atoms with Gasteiger partial charge in [-0.25, -0.2) is 9.37 Å². The van der Waals surface area contributed by atoms with Crippen LogP contribution in [0.4, 0.5) is 9.52 Å². The van der Waals surface area contributed by atoms with Crippen molar-refractivity contribution in [3.63, 3.8) is 0 Å². The Morgan fingerprint density at radius 1 is 1.26 bits per heavy atom. The number of thiazole rings is 1. The van der Waals surface area contributed by atoms with Crippen LogP contribution in [-0.2, 0) is 17.8 Å². The molecule has 27 heavy (non-hydrogen) atoms. The molecular weight excluding hydrogens is 369 g/mol. The summed E-state index contributed by atoms with van der Waals surface area (Å²) in [7, 11) is 0. The number of hydrogen-bond acceptors (Lipinski definition) is 5. The summed E-state index contributed by atoms with van der Waals surface area (Å²) < 4.78 is 18.4. The maximum absolute atomic E-state index is 13.3. The number of furan rings is 1. The van der Waals surface area contributed by atoms with E-state index in [-0.39, 0.29) is 24.1 Å². The maximum atomic E-state index is 13.3. The highest BCUT2D eigenvalue weighted by atomic mass is 32.1. The first kappa shape index (κ1) is 18.8. The molecule has 2 aromatic heterocycles. The van der Waals surface area contributed by atoms with E-state index in [9.17, 15) is 14.0 Å². The molecule has 6 nitrogen and oxygen atoms in total. The van der Waals surface area contributed by atoms with Gasteiger partial charge >= 0.3 is 0 Å². The number of aromatic nitrogens is 1. The Kier molecular flexibility index (Phi) is 5.66. The van der Waals surface area contributed by atoms with Crippen molar-refractivity contribution in [2.24, 2.45) is 0 Å². The number of carbonyl (C=O) groups excluding carboxylic acids is 2. The average Bonchev–Trinajstić information content (AvgIpc) is 3.24. The molecule has 3 rings (SSSR count). The lowest BCUT2D eigenvalue weighted by atomic mass is 10.1. The molecule has 0 aliphatic heterocycles. The van der Waals surface area contributed by atoms with Crippen LogP contribution in [0.5, 0.6) is 0 Å². The molecule has 8 heteroatoms. The standard InChI is InChI=1S/C19H18FN3O3S/c1-11-7-13(3-4-16(11)20)9-21-17(24)8-14-10-27-19(22-14)23-18(25)15-5-6-26-12(15)2/h3-7,10H,8-9H2,1-2H3,(H,21,24)(H,22,23,25). The Labute approximate surface area is 159 Å². The van der Waals surface area contributed by atoms with Gasteiger partial charge in [-0.2, -0.15) is 0 Å². The summed E-state index contributed by atoms with van der Waals surface area (Å²) in [5.41, 5.74) is 2.37. The molecule has 0 fully saturated rings. The summed E-state index contributed by atoms with van der Waals surface area (Å²) >= 11 is 1.25. The van der Waals surface area contributed by atoms with Gasteiger partial charge in [-0.1, -0.05) is 12.1 Å². The molecule has 0 aliphatic carbocycles. The fourth-order valence-electron chi connectivity index (χ4n) is 2.47. The molecule has 3 aromatic rings. The summed E-state index contributed by atoms with van der Waals surface area (Å²) in [4.78, 5) is 28.5. The molecule has 0 atom stereocenters. The predicted molar refractivity (Wildman–Crippen MR) is 100 cm³/mol. The van der Waals surface area contributed by atoms with Gasteiger partial charge < -0.3 is 9.73 Å². The van der Waals surface area contributed by atoms with E-state index in [4.69, 9.17) is 4.42 Å². The van der Waals surface area contributed by atoms with Crippen molar-refractivity contribution in [1.29, 1.82) is 0 Å². The highest BCUT2D eigenvalue weighted by Gasteiger charge is 2.14. The molecule has 0 aliphatic rings. The van der Waals surface area contributed by atoms with Crippen LogP contribution in [-0.4, -0.2) is 16.8 Å². The van der Waals surface area contributed by atoms with E-state index >= 15 is 0 Å². The zero-order chi connectivity index (χ0) is 19.4. The van der Waals surface area contributed by atoms with Crippen LogP contribution in [0, 0.1) is 19.7 Å². The highest BCUT2D eigenvalue weighted by Crippen LogP contribution is 2.18. The zero-order valence-corrected chi connectivity index (χ0v) is 15.7. The minimum absolute atomic E-state index is 0.0945. The van der Waals surface area contributed by atoms with Gasteiger partial charge in [0.2, 0.25) is 5.91 Å². The van der Waals surface area contributed by atoms with Gasteiger partial charge in [0, 0.05) is 11.9 Å². The number of carbonyl (C=O) groups is 2. The van der Waals surface area contributed by atoms with Crippen LogP contribution < -0.4 is 10.6 Å². The number of aryl methyl sites for hydroxylation is 2. The van der Waals surface area contributed by atoms with Gasteiger partial charge in [-0.3, -0.25) is 14.9 Å². The second kappa shape index (κ2) is 8.13. The Morgan fingerprint density at radius 3 is 2.78 bits per heavy atom. The molecular formula is C19H18FN3O3S. The number of amides is 2. The Morgan fingerprint density at radius 2 is 2.07 bits per heavy atom. The van der Waals surface area contributed by atoms with Crippen molar-refractivity contribution in [3.8, 4) is 0 Å². The molecule has 140 valence electrons. The van der Waals surface area contributed by atoms with E-state index in [0.717, 1.165) is 5.56 Å². The van der Waals surface area contributed by atoms with E-state index in [2.05, 4.69) is 15.6 Å². The van der Waals surface area contributed by atoms with Gasteiger partial charge in [0.25, 0.3) is 5.91 Å². The highest BCUT2D eigenvalue weighted by molar-refractivity contribution is 7.14. The van der Waals surface area contributed by atoms with Crippen molar-refractivity contribution < 1.29 is 18.4 Å². The Hall–Kier alpha value is -3.00. The summed E-state index contributed by atoms with van der Waals surface area (Å²) in [6.45, 7) is 3.69. The lowest BCUT2D eigenvalue weighted by molar-refractivity contribution is -0.120. The fraction of sp³-hybridized carbons (Fsp3) is 0.211. The van der Waals surface area contributed by atoms with Crippen LogP contribution in [0.25, 0.3) is 0 Å². The summed E-state index contributed by atoms with van der Waals surface area (Å²) in [6.07, 6.45) is 1.54. The molecule has 2 N–H and O–H groups in total. The fourth-order valence-corrected chi connectivity index (χ4v) is 3.18. The molecule has 0 bridgehead atoms. The third kappa shape index (κ3) is 4.79. The summed E-state index contributed by atoms with van der Waals surface area (Å²) in [6, 6.07) is 6.30. The van der Waals surface area contributed by atoms with E-state index in [1.807, 2.05) is 0 Å². The monoisotopic (exact) mass is 387 g/mol.